The maximum atomic E-state index is 13.0. The minimum atomic E-state index is -0.0603. The van der Waals surface area contributed by atoms with Gasteiger partial charge in [0.2, 0.25) is 0 Å². The van der Waals surface area contributed by atoms with Crippen LogP contribution >= 0.6 is 0 Å². The van der Waals surface area contributed by atoms with Gasteiger partial charge >= 0.3 is 0 Å². The second-order valence-corrected chi connectivity index (χ2v) is 6.46. The summed E-state index contributed by atoms with van der Waals surface area (Å²) in [5.74, 6) is 8.14. The number of amides is 1. The highest BCUT2D eigenvalue weighted by Crippen LogP contribution is 2.24. The van der Waals surface area contributed by atoms with Gasteiger partial charge in [0.1, 0.15) is 22.9 Å². The zero-order valence-corrected chi connectivity index (χ0v) is 15.7. The SMILES string of the molecule is COc1ccc(C(=O)N2CCc3oc(C)nc3C2)cc1C#Cc1ccccn1. The number of pyridine rings is 1. The molecule has 0 saturated heterocycles. The molecule has 0 unspecified atom stereocenters. The Hall–Kier alpha value is -3.59. The van der Waals surface area contributed by atoms with Gasteiger partial charge in [-0.05, 0) is 36.3 Å². The summed E-state index contributed by atoms with van der Waals surface area (Å²) in [6.07, 6.45) is 2.36. The smallest absolute Gasteiger partial charge is 0.254 e. The van der Waals surface area contributed by atoms with Crippen molar-refractivity contribution in [2.45, 2.75) is 19.9 Å². The molecule has 2 aromatic heterocycles. The first-order chi connectivity index (χ1) is 13.6. The molecule has 4 rings (SSSR count). The molecule has 1 amide bonds. The second kappa shape index (κ2) is 7.57. The van der Waals surface area contributed by atoms with Crippen LogP contribution in [0, 0.1) is 18.8 Å². The highest BCUT2D eigenvalue weighted by molar-refractivity contribution is 5.95. The average Bonchev–Trinajstić information content (AvgIpc) is 3.11. The van der Waals surface area contributed by atoms with Crippen molar-refractivity contribution in [3.63, 3.8) is 0 Å². The van der Waals surface area contributed by atoms with Crippen LogP contribution in [0.3, 0.4) is 0 Å². The van der Waals surface area contributed by atoms with Crippen molar-refractivity contribution >= 4 is 5.91 Å². The number of nitrogens with zero attached hydrogens (tertiary/aromatic N) is 3. The molecule has 1 aliphatic rings. The average molecular weight is 373 g/mol. The fraction of sp³-hybridized carbons (Fsp3) is 0.227. The van der Waals surface area contributed by atoms with Crippen molar-refractivity contribution in [3.8, 4) is 17.6 Å². The Morgan fingerprint density at radius 2 is 2.14 bits per heavy atom. The molecule has 3 heterocycles. The molecule has 140 valence electrons. The zero-order valence-electron chi connectivity index (χ0n) is 15.7. The maximum Gasteiger partial charge on any atom is 0.254 e. The number of aryl methyl sites for hydroxylation is 1. The third-order valence-corrected chi connectivity index (χ3v) is 4.56. The molecule has 6 nitrogen and oxygen atoms in total. The molecule has 0 saturated carbocycles. The highest BCUT2D eigenvalue weighted by atomic mass is 16.5. The van der Waals surface area contributed by atoms with Gasteiger partial charge in [-0.15, -0.1) is 0 Å². The number of ether oxygens (including phenoxy) is 1. The maximum absolute atomic E-state index is 13.0. The summed E-state index contributed by atoms with van der Waals surface area (Å²) in [6.45, 7) is 2.87. The number of rotatable bonds is 2. The van der Waals surface area contributed by atoms with Gasteiger partial charge in [0, 0.05) is 31.6 Å². The number of hydrogen-bond acceptors (Lipinski definition) is 5. The summed E-state index contributed by atoms with van der Waals surface area (Å²) in [7, 11) is 1.59. The normalized spacial score (nSPS) is 12.7. The Kier molecular flexibility index (Phi) is 4.81. The van der Waals surface area contributed by atoms with Crippen LogP contribution in [0.5, 0.6) is 5.75 Å². The van der Waals surface area contributed by atoms with Gasteiger partial charge in [0.15, 0.2) is 5.89 Å². The van der Waals surface area contributed by atoms with Crippen LogP contribution in [-0.2, 0) is 13.0 Å². The van der Waals surface area contributed by atoms with E-state index in [0.717, 1.165) is 11.5 Å². The van der Waals surface area contributed by atoms with Gasteiger partial charge in [-0.1, -0.05) is 12.0 Å². The van der Waals surface area contributed by atoms with E-state index in [9.17, 15) is 4.79 Å². The van der Waals surface area contributed by atoms with E-state index in [1.54, 1.807) is 36.4 Å². The van der Waals surface area contributed by atoms with Crippen molar-refractivity contribution in [2.75, 3.05) is 13.7 Å². The third-order valence-electron chi connectivity index (χ3n) is 4.56. The molecule has 6 heteroatoms. The predicted molar refractivity (Wildman–Crippen MR) is 103 cm³/mol. The van der Waals surface area contributed by atoms with E-state index < -0.39 is 0 Å². The summed E-state index contributed by atoms with van der Waals surface area (Å²) in [5, 5.41) is 0. The largest absolute Gasteiger partial charge is 0.495 e. The number of benzene rings is 1. The Labute approximate surface area is 163 Å². The van der Waals surface area contributed by atoms with Gasteiger partial charge in [0.05, 0.1) is 19.2 Å². The lowest BCUT2D eigenvalue weighted by Gasteiger charge is -2.25. The van der Waals surface area contributed by atoms with Crippen LogP contribution in [0.25, 0.3) is 0 Å². The van der Waals surface area contributed by atoms with Crippen LogP contribution in [0.2, 0.25) is 0 Å². The summed E-state index contributed by atoms with van der Waals surface area (Å²) in [6, 6.07) is 10.8. The van der Waals surface area contributed by atoms with Crippen LogP contribution in [0.15, 0.2) is 47.0 Å². The summed E-state index contributed by atoms with van der Waals surface area (Å²) in [5.41, 5.74) is 2.70. The van der Waals surface area contributed by atoms with Crippen molar-refractivity contribution in [3.05, 3.63) is 76.8 Å². The summed E-state index contributed by atoms with van der Waals surface area (Å²) in [4.78, 5) is 23.4. The topological polar surface area (TPSA) is 68.5 Å². The minimum absolute atomic E-state index is 0.0603. The Morgan fingerprint density at radius 1 is 1.25 bits per heavy atom. The molecule has 0 radical (unpaired) electrons. The number of aromatic nitrogens is 2. The van der Waals surface area contributed by atoms with Gasteiger partial charge in [-0.3, -0.25) is 4.79 Å². The van der Waals surface area contributed by atoms with Crippen molar-refractivity contribution in [1.82, 2.24) is 14.9 Å². The Balaban J connectivity index is 1.60. The minimum Gasteiger partial charge on any atom is -0.495 e. The number of hydrogen-bond donors (Lipinski definition) is 0. The van der Waals surface area contributed by atoms with E-state index in [-0.39, 0.29) is 5.91 Å². The highest BCUT2D eigenvalue weighted by Gasteiger charge is 2.25. The molecular weight excluding hydrogens is 354 g/mol. The van der Waals surface area contributed by atoms with Crippen molar-refractivity contribution < 1.29 is 13.9 Å². The first-order valence-electron chi connectivity index (χ1n) is 8.99. The van der Waals surface area contributed by atoms with E-state index in [1.807, 2.05) is 25.1 Å². The standard InChI is InChI=1S/C22H19N3O3/c1-15-24-19-14-25(12-10-21(19)28-15)22(26)17-7-9-20(27-2)16(13-17)6-8-18-5-3-4-11-23-18/h3-5,7,9,11,13H,10,12,14H2,1-2H3. The number of fused-ring (bicyclic) bond motifs is 1. The van der Waals surface area contributed by atoms with E-state index in [1.165, 1.54) is 0 Å². The lowest BCUT2D eigenvalue weighted by atomic mass is 10.1. The second-order valence-electron chi connectivity index (χ2n) is 6.46. The molecule has 1 aliphatic heterocycles. The predicted octanol–water partition coefficient (Wildman–Crippen LogP) is 2.98. The number of carbonyl (C=O) groups excluding carboxylic acids is 1. The lowest BCUT2D eigenvalue weighted by molar-refractivity contribution is 0.0728. The number of oxazole rings is 1. The monoisotopic (exact) mass is 373 g/mol. The van der Waals surface area contributed by atoms with Crippen LogP contribution < -0.4 is 4.74 Å². The van der Waals surface area contributed by atoms with E-state index in [4.69, 9.17) is 9.15 Å². The Bertz CT molecular complexity index is 1080. The number of carbonyl (C=O) groups is 1. The molecule has 0 spiro atoms. The molecular formula is C22H19N3O3. The van der Waals surface area contributed by atoms with E-state index >= 15 is 0 Å². The van der Waals surface area contributed by atoms with Crippen molar-refractivity contribution in [2.24, 2.45) is 0 Å². The molecule has 0 fully saturated rings. The lowest BCUT2D eigenvalue weighted by Crippen LogP contribution is -2.35. The first kappa shape index (κ1) is 17.8. The molecule has 1 aromatic carbocycles. The van der Waals surface area contributed by atoms with Crippen LogP contribution in [-0.4, -0.2) is 34.4 Å². The van der Waals surface area contributed by atoms with Gasteiger partial charge < -0.3 is 14.1 Å². The Morgan fingerprint density at radius 3 is 2.93 bits per heavy atom. The summed E-state index contributed by atoms with van der Waals surface area (Å²) < 4.78 is 11.0. The van der Waals surface area contributed by atoms with Crippen LogP contribution in [0.4, 0.5) is 0 Å². The van der Waals surface area contributed by atoms with Crippen molar-refractivity contribution in [1.29, 1.82) is 0 Å². The quantitative estimate of drug-likeness (QED) is 0.646. The molecule has 0 bridgehead atoms. The third kappa shape index (κ3) is 3.60. The first-order valence-corrected chi connectivity index (χ1v) is 8.99. The molecule has 0 N–H and O–H groups in total. The summed E-state index contributed by atoms with van der Waals surface area (Å²) >= 11 is 0. The molecule has 0 atom stereocenters. The molecule has 3 aromatic rings. The fourth-order valence-electron chi connectivity index (χ4n) is 3.19. The zero-order chi connectivity index (χ0) is 19.5. The van der Waals surface area contributed by atoms with E-state index in [2.05, 4.69) is 21.8 Å². The van der Waals surface area contributed by atoms with Crippen LogP contribution in [0.1, 0.15) is 39.0 Å². The van der Waals surface area contributed by atoms with Gasteiger partial charge in [0.25, 0.3) is 5.91 Å². The fourth-order valence-corrected chi connectivity index (χ4v) is 3.19. The van der Waals surface area contributed by atoms with Gasteiger partial charge in [-0.2, -0.15) is 0 Å². The molecule has 0 aliphatic carbocycles. The molecule has 28 heavy (non-hydrogen) atoms. The number of methoxy groups -OCH3 is 1. The van der Waals surface area contributed by atoms with Gasteiger partial charge in [-0.25, -0.2) is 9.97 Å². The van der Waals surface area contributed by atoms with E-state index in [0.29, 0.717) is 48.0 Å².